The van der Waals surface area contributed by atoms with Crippen molar-refractivity contribution in [2.24, 2.45) is 0 Å². The van der Waals surface area contributed by atoms with Crippen molar-refractivity contribution >= 4 is 17.0 Å². The van der Waals surface area contributed by atoms with E-state index in [2.05, 4.69) is 24.8 Å². The molecule has 0 atom stereocenters. The van der Waals surface area contributed by atoms with Crippen LogP contribution in [0.1, 0.15) is 19.3 Å². The number of benzene rings is 1. The van der Waals surface area contributed by atoms with Gasteiger partial charge in [-0.1, -0.05) is 18.6 Å². The van der Waals surface area contributed by atoms with Crippen LogP contribution in [0.15, 0.2) is 47.5 Å². The van der Waals surface area contributed by atoms with E-state index in [1.807, 2.05) is 34.9 Å². The normalized spacial score (nSPS) is 15.5. The molecule has 0 spiro atoms. The number of hydrogen-bond acceptors (Lipinski definition) is 5. The molecule has 1 saturated heterocycles. The summed E-state index contributed by atoms with van der Waals surface area (Å²) in [6.45, 7) is 5.97. The summed E-state index contributed by atoms with van der Waals surface area (Å²) in [5.41, 5.74) is 1.92. The number of nitrogens with zero attached hydrogens (tertiary/aromatic N) is 5. The second-order valence-corrected chi connectivity index (χ2v) is 7.04. The van der Waals surface area contributed by atoms with Crippen LogP contribution in [0.2, 0.25) is 0 Å². The van der Waals surface area contributed by atoms with Gasteiger partial charge in [-0.15, -0.1) is 0 Å². The van der Waals surface area contributed by atoms with Gasteiger partial charge in [-0.3, -0.25) is 9.47 Å². The Morgan fingerprint density at radius 3 is 2.44 bits per heavy atom. The number of piperazine rings is 1. The molecular formula is C20H26N6O. The minimum Gasteiger partial charge on any atom is -0.338 e. The molecule has 0 amide bonds. The fourth-order valence-electron chi connectivity index (χ4n) is 3.74. The molecule has 1 N–H and O–H groups in total. The Labute approximate surface area is 158 Å². The molecule has 4 rings (SSSR count). The maximum absolute atomic E-state index is 12.1. The minimum absolute atomic E-state index is 0.00421. The summed E-state index contributed by atoms with van der Waals surface area (Å²) >= 11 is 0. The predicted molar refractivity (Wildman–Crippen MR) is 107 cm³/mol. The average Bonchev–Trinajstić information content (AvgIpc) is 3.04. The molecular weight excluding hydrogens is 340 g/mol. The lowest BCUT2D eigenvalue weighted by molar-refractivity contribution is 0.250. The van der Waals surface area contributed by atoms with E-state index in [9.17, 15) is 4.79 Å². The van der Waals surface area contributed by atoms with Crippen LogP contribution in [-0.4, -0.2) is 57.1 Å². The number of fused-ring (bicyclic) bond motifs is 1. The van der Waals surface area contributed by atoms with Crippen LogP contribution in [-0.2, 0) is 6.54 Å². The van der Waals surface area contributed by atoms with Crippen LogP contribution in [0.25, 0.3) is 11.0 Å². The lowest BCUT2D eigenvalue weighted by atomic mass is 10.2. The summed E-state index contributed by atoms with van der Waals surface area (Å²) < 4.78 is 1.86. The maximum Gasteiger partial charge on any atom is 0.326 e. The topological polar surface area (TPSA) is 70.1 Å². The van der Waals surface area contributed by atoms with Gasteiger partial charge in [0, 0.05) is 45.1 Å². The lowest BCUT2D eigenvalue weighted by Crippen LogP contribution is -2.47. The molecule has 142 valence electrons. The van der Waals surface area contributed by atoms with Gasteiger partial charge >= 0.3 is 5.69 Å². The first-order valence-electron chi connectivity index (χ1n) is 9.73. The van der Waals surface area contributed by atoms with E-state index >= 15 is 0 Å². The Bertz CT molecular complexity index is 911. The number of nitrogens with one attached hydrogen (secondary N) is 1. The molecule has 1 fully saturated rings. The van der Waals surface area contributed by atoms with Crippen molar-refractivity contribution in [1.29, 1.82) is 0 Å². The summed E-state index contributed by atoms with van der Waals surface area (Å²) in [7, 11) is 0. The molecule has 3 heterocycles. The number of aromatic amines is 1. The van der Waals surface area contributed by atoms with Crippen molar-refractivity contribution in [2.75, 3.05) is 37.6 Å². The summed E-state index contributed by atoms with van der Waals surface area (Å²) in [5, 5.41) is 0. The fraction of sp³-hybridized carbons (Fsp3) is 0.450. The summed E-state index contributed by atoms with van der Waals surface area (Å²) in [6.07, 6.45) is 6.92. The van der Waals surface area contributed by atoms with Gasteiger partial charge in [0.1, 0.15) is 0 Å². The van der Waals surface area contributed by atoms with Crippen LogP contribution in [0.4, 0.5) is 5.95 Å². The van der Waals surface area contributed by atoms with E-state index in [1.54, 1.807) is 12.4 Å². The first-order valence-corrected chi connectivity index (χ1v) is 9.73. The standard InChI is InChI=1S/C20H26N6O/c27-20-23-17-7-2-3-8-18(17)26(20)12-5-1-4-11-24-13-15-25(16-14-24)19-21-9-6-10-22-19/h2-3,6-10H,1,4-5,11-16H2,(H,23,27). The number of para-hydroxylation sites is 2. The van der Waals surface area contributed by atoms with Crippen LogP contribution >= 0.6 is 0 Å². The Hall–Kier alpha value is -2.67. The van der Waals surface area contributed by atoms with Crippen LogP contribution < -0.4 is 10.6 Å². The third-order valence-electron chi connectivity index (χ3n) is 5.24. The van der Waals surface area contributed by atoms with Gasteiger partial charge in [0.15, 0.2) is 0 Å². The van der Waals surface area contributed by atoms with E-state index in [0.717, 1.165) is 69.1 Å². The van der Waals surface area contributed by atoms with Gasteiger partial charge in [-0.25, -0.2) is 14.8 Å². The van der Waals surface area contributed by atoms with Gasteiger partial charge in [0.2, 0.25) is 5.95 Å². The summed E-state index contributed by atoms with van der Waals surface area (Å²) in [4.78, 5) is 28.4. The predicted octanol–water partition coefficient (Wildman–Crippen LogP) is 2.11. The molecule has 2 aromatic heterocycles. The molecule has 3 aromatic rings. The summed E-state index contributed by atoms with van der Waals surface area (Å²) in [5.74, 6) is 0.835. The second kappa shape index (κ2) is 8.35. The first kappa shape index (κ1) is 17.7. The average molecular weight is 366 g/mol. The Morgan fingerprint density at radius 2 is 1.63 bits per heavy atom. The highest BCUT2D eigenvalue weighted by atomic mass is 16.1. The van der Waals surface area contributed by atoms with Crippen LogP contribution in [0.3, 0.4) is 0 Å². The zero-order chi connectivity index (χ0) is 18.5. The molecule has 0 aliphatic carbocycles. The molecule has 1 aromatic carbocycles. The van der Waals surface area contributed by atoms with Crippen molar-refractivity contribution in [1.82, 2.24) is 24.4 Å². The molecule has 7 heteroatoms. The molecule has 0 bridgehead atoms. The smallest absolute Gasteiger partial charge is 0.326 e. The van der Waals surface area contributed by atoms with Crippen molar-refractivity contribution in [3.63, 3.8) is 0 Å². The highest BCUT2D eigenvalue weighted by Gasteiger charge is 2.18. The Morgan fingerprint density at radius 1 is 0.889 bits per heavy atom. The third kappa shape index (κ3) is 4.19. The van der Waals surface area contributed by atoms with Crippen LogP contribution in [0, 0.1) is 0 Å². The van der Waals surface area contributed by atoms with E-state index in [4.69, 9.17) is 0 Å². The zero-order valence-electron chi connectivity index (χ0n) is 15.5. The van der Waals surface area contributed by atoms with E-state index in [-0.39, 0.29) is 5.69 Å². The van der Waals surface area contributed by atoms with Gasteiger partial charge in [-0.2, -0.15) is 0 Å². The maximum atomic E-state index is 12.1. The number of H-pyrrole nitrogens is 1. The van der Waals surface area contributed by atoms with Crippen molar-refractivity contribution in [3.8, 4) is 0 Å². The van der Waals surface area contributed by atoms with E-state index < -0.39 is 0 Å². The molecule has 0 radical (unpaired) electrons. The first-order chi connectivity index (χ1) is 13.3. The second-order valence-electron chi connectivity index (χ2n) is 7.04. The lowest BCUT2D eigenvalue weighted by Gasteiger charge is -2.34. The van der Waals surface area contributed by atoms with Gasteiger partial charge in [0.25, 0.3) is 0 Å². The molecule has 7 nitrogen and oxygen atoms in total. The van der Waals surface area contributed by atoms with E-state index in [0.29, 0.717) is 0 Å². The largest absolute Gasteiger partial charge is 0.338 e. The molecule has 27 heavy (non-hydrogen) atoms. The third-order valence-corrected chi connectivity index (χ3v) is 5.24. The number of unbranched alkanes of at least 4 members (excludes halogenated alkanes) is 2. The van der Waals surface area contributed by atoms with Gasteiger partial charge in [0.05, 0.1) is 11.0 Å². The van der Waals surface area contributed by atoms with Crippen LogP contribution in [0.5, 0.6) is 0 Å². The summed E-state index contributed by atoms with van der Waals surface area (Å²) in [6, 6.07) is 9.74. The Kier molecular flexibility index (Phi) is 5.48. The minimum atomic E-state index is -0.00421. The highest BCUT2D eigenvalue weighted by Crippen LogP contribution is 2.12. The SMILES string of the molecule is O=c1[nH]c2ccccc2n1CCCCCN1CCN(c2ncccn2)CC1. The number of anilines is 1. The molecule has 0 saturated carbocycles. The zero-order valence-corrected chi connectivity index (χ0v) is 15.5. The molecule has 1 aliphatic heterocycles. The van der Waals surface area contributed by atoms with Crippen molar-refractivity contribution < 1.29 is 0 Å². The number of hydrogen-bond donors (Lipinski definition) is 1. The van der Waals surface area contributed by atoms with Crippen molar-refractivity contribution in [3.05, 3.63) is 53.2 Å². The molecule has 0 unspecified atom stereocenters. The Balaban J connectivity index is 1.18. The van der Waals surface area contributed by atoms with E-state index in [1.165, 1.54) is 6.42 Å². The molecule has 1 aliphatic rings. The fourth-order valence-corrected chi connectivity index (χ4v) is 3.74. The monoisotopic (exact) mass is 366 g/mol. The highest BCUT2D eigenvalue weighted by molar-refractivity contribution is 5.74. The van der Waals surface area contributed by atoms with Crippen molar-refractivity contribution in [2.45, 2.75) is 25.8 Å². The number of imidazole rings is 1. The van der Waals surface area contributed by atoms with Gasteiger partial charge < -0.3 is 9.88 Å². The quantitative estimate of drug-likeness (QED) is 0.649. The number of aromatic nitrogens is 4. The number of rotatable bonds is 7. The van der Waals surface area contributed by atoms with Gasteiger partial charge in [-0.05, 0) is 37.6 Å². The number of aryl methyl sites for hydroxylation is 1.